The van der Waals surface area contributed by atoms with Crippen molar-refractivity contribution in [3.8, 4) is 0 Å². The second-order valence-corrected chi connectivity index (χ2v) is 8.84. The summed E-state index contributed by atoms with van der Waals surface area (Å²) in [5.74, 6) is 0. The van der Waals surface area contributed by atoms with Crippen LogP contribution in [0.2, 0.25) is 13.1 Å². The van der Waals surface area contributed by atoms with E-state index in [4.69, 9.17) is 0 Å². The summed E-state index contributed by atoms with van der Waals surface area (Å²) in [4.78, 5) is 0. The molecule has 0 unspecified atom stereocenters. The summed E-state index contributed by atoms with van der Waals surface area (Å²) >= 11 is 0. The number of hydrogen-bond acceptors (Lipinski definition) is 0. The van der Waals surface area contributed by atoms with Crippen molar-refractivity contribution >= 4 is 24.0 Å². The van der Waals surface area contributed by atoms with Gasteiger partial charge in [0.25, 0.3) is 0 Å². The zero-order valence-electron chi connectivity index (χ0n) is 9.33. The van der Waals surface area contributed by atoms with Crippen LogP contribution in [-0.4, -0.2) is 8.07 Å². The normalized spacial score (nSPS) is 11.6. The topological polar surface area (TPSA) is 0 Å². The third kappa shape index (κ3) is 1.75. The molecule has 0 radical (unpaired) electrons. The third-order valence-corrected chi connectivity index (χ3v) is 5.84. The Morgan fingerprint density at radius 3 is 2.40 bits per heavy atom. The number of rotatable bonds is 2. The van der Waals surface area contributed by atoms with E-state index in [-0.39, 0.29) is 0 Å². The summed E-state index contributed by atoms with van der Waals surface area (Å²) in [7, 11) is -1.45. The Bertz CT molecular complexity index is 492. The summed E-state index contributed by atoms with van der Waals surface area (Å²) in [5, 5.41) is 4.20. The van der Waals surface area contributed by atoms with Gasteiger partial charge in [-0.15, -0.1) is 6.58 Å². The molecule has 0 spiro atoms. The van der Waals surface area contributed by atoms with E-state index in [1.54, 1.807) is 0 Å². The zero-order chi connectivity index (χ0) is 10.9. The van der Waals surface area contributed by atoms with Crippen LogP contribution in [0.4, 0.5) is 0 Å². The molecule has 0 N–H and O–H groups in total. The zero-order valence-corrected chi connectivity index (χ0v) is 10.3. The number of hydrogen-bond donors (Lipinski definition) is 0. The van der Waals surface area contributed by atoms with Crippen molar-refractivity contribution < 1.29 is 0 Å². The molecular formula is C14H16Si. The van der Waals surface area contributed by atoms with E-state index in [0.717, 1.165) is 0 Å². The molecular weight excluding hydrogens is 196 g/mol. The monoisotopic (exact) mass is 212 g/mol. The largest absolute Gasteiger partial charge is 0.107 e. The lowest BCUT2D eigenvalue weighted by atomic mass is 10.1. The maximum absolute atomic E-state index is 3.98. The summed E-state index contributed by atoms with van der Waals surface area (Å²) in [6, 6.07) is 15.2. The predicted molar refractivity (Wildman–Crippen MR) is 71.3 cm³/mol. The lowest BCUT2D eigenvalue weighted by Gasteiger charge is -2.20. The van der Waals surface area contributed by atoms with Gasteiger partial charge in [-0.1, -0.05) is 61.3 Å². The van der Waals surface area contributed by atoms with Crippen molar-refractivity contribution in [1.82, 2.24) is 0 Å². The molecule has 0 fully saturated rings. The maximum atomic E-state index is 3.98. The van der Waals surface area contributed by atoms with Crippen molar-refractivity contribution in [3.05, 3.63) is 54.7 Å². The van der Waals surface area contributed by atoms with Crippen molar-refractivity contribution in [1.29, 1.82) is 0 Å². The molecule has 2 rings (SSSR count). The Balaban J connectivity index is 2.76. The van der Waals surface area contributed by atoms with Crippen LogP contribution in [0.5, 0.6) is 0 Å². The van der Waals surface area contributed by atoms with Gasteiger partial charge in [0.15, 0.2) is 0 Å². The van der Waals surface area contributed by atoms with Crippen molar-refractivity contribution in [3.63, 3.8) is 0 Å². The molecule has 15 heavy (non-hydrogen) atoms. The molecule has 0 bridgehead atoms. The Morgan fingerprint density at radius 1 is 1.00 bits per heavy atom. The Labute approximate surface area is 92.3 Å². The molecule has 0 saturated heterocycles. The SMILES string of the molecule is C=C[Si](C)(C)c1cccc2ccccc12. The molecule has 0 saturated carbocycles. The molecule has 76 valence electrons. The van der Waals surface area contributed by atoms with Crippen LogP contribution in [0.3, 0.4) is 0 Å². The first-order valence-corrected chi connectivity index (χ1v) is 8.35. The standard InChI is InChI=1S/C14H16Si/c1-4-15(2,3)14-11-7-9-12-8-5-6-10-13(12)14/h4-11H,1H2,2-3H3. The highest BCUT2D eigenvalue weighted by molar-refractivity contribution is 6.95. The van der Waals surface area contributed by atoms with E-state index in [0.29, 0.717) is 0 Å². The second-order valence-electron chi connectivity index (χ2n) is 4.45. The van der Waals surface area contributed by atoms with Crippen LogP contribution in [0.1, 0.15) is 0 Å². The van der Waals surface area contributed by atoms with Gasteiger partial charge in [0, 0.05) is 0 Å². The van der Waals surface area contributed by atoms with E-state index < -0.39 is 8.07 Å². The fraction of sp³-hybridized carbons (Fsp3) is 0.143. The van der Waals surface area contributed by atoms with Gasteiger partial charge in [0.05, 0.1) is 0 Å². The average molecular weight is 212 g/mol. The van der Waals surface area contributed by atoms with Crippen molar-refractivity contribution in [2.75, 3.05) is 0 Å². The molecule has 2 aromatic rings. The van der Waals surface area contributed by atoms with E-state index >= 15 is 0 Å². The molecule has 0 aliphatic heterocycles. The molecule has 2 aromatic carbocycles. The molecule has 0 aliphatic carbocycles. The smallest absolute Gasteiger partial charge is 0.104 e. The van der Waals surface area contributed by atoms with Crippen LogP contribution in [-0.2, 0) is 0 Å². The van der Waals surface area contributed by atoms with Crippen LogP contribution >= 0.6 is 0 Å². The Morgan fingerprint density at radius 2 is 1.67 bits per heavy atom. The molecule has 0 nitrogen and oxygen atoms in total. The van der Waals surface area contributed by atoms with Crippen LogP contribution in [0.15, 0.2) is 54.7 Å². The van der Waals surface area contributed by atoms with E-state index in [9.17, 15) is 0 Å². The average Bonchev–Trinajstić information content (AvgIpc) is 2.28. The van der Waals surface area contributed by atoms with Crippen molar-refractivity contribution in [2.45, 2.75) is 13.1 Å². The molecule has 0 amide bonds. The van der Waals surface area contributed by atoms with Crippen LogP contribution in [0, 0.1) is 0 Å². The molecule has 0 atom stereocenters. The third-order valence-electron chi connectivity index (χ3n) is 2.99. The lowest BCUT2D eigenvalue weighted by Crippen LogP contribution is -2.39. The highest BCUT2D eigenvalue weighted by Gasteiger charge is 2.20. The van der Waals surface area contributed by atoms with Gasteiger partial charge < -0.3 is 0 Å². The molecule has 1 heteroatoms. The summed E-state index contributed by atoms with van der Waals surface area (Å²) in [6.07, 6.45) is 0. The van der Waals surface area contributed by atoms with Gasteiger partial charge in [-0.3, -0.25) is 0 Å². The van der Waals surface area contributed by atoms with Gasteiger partial charge in [0.1, 0.15) is 8.07 Å². The highest BCUT2D eigenvalue weighted by atomic mass is 28.3. The van der Waals surface area contributed by atoms with Gasteiger partial charge in [-0.05, 0) is 16.0 Å². The van der Waals surface area contributed by atoms with E-state index in [1.165, 1.54) is 16.0 Å². The van der Waals surface area contributed by atoms with E-state index in [2.05, 4.69) is 67.8 Å². The Kier molecular flexibility index (Phi) is 2.49. The van der Waals surface area contributed by atoms with Gasteiger partial charge >= 0.3 is 0 Å². The molecule has 0 aliphatic rings. The summed E-state index contributed by atoms with van der Waals surface area (Å²) in [6.45, 7) is 8.65. The number of benzene rings is 2. The number of fused-ring (bicyclic) bond motifs is 1. The maximum Gasteiger partial charge on any atom is 0.104 e. The quantitative estimate of drug-likeness (QED) is 0.669. The van der Waals surface area contributed by atoms with E-state index in [1.807, 2.05) is 0 Å². The van der Waals surface area contributed by atoms with Crippen LogP contribution in [0.25, 0.3) is 10.8 Å². The first-order valence-electron chi connectivity index (χ1n) is 5.27. The summed E-state index contributed by atoms with van der Waals surface area (Å²) < 4.78 is 0. The fourth-order valence-electron chi connectivity index (χ4n) is 1.90. The summed E-state index contributed by atoms with van der Waals surface area (Å²) in [5.41, 5.74) is 2.15. The van der Waals surface area contributed by atoms with Gasteiger partial charge in [0.2, 0.25) is 0 Å². The lowest BCUT2D eigenvalue weighted by molar-refractivity contribution is 1.74. The second kappa shape index (κ2) is 3.67. The van der Waals surface area contributed by atoms with Crippen molar-refractivity contribution in [2.24, 2.45) is 0 Å². The first-order chi connectivity index (χ1) is 7.15. The fourth-order valence-corrected chi connectivity index (χ4v) is 3.56. The molecule has 0 aromatic heterocycles. The predicted octanol–water partition coefficient (Wildman–Crippen LogP) is 3.48. The van der Waals surface area contributed by atoms with Crippen LogP contribution < -0.4 is 5.19 Å². The minimum absolute atomic E-state index is 1.33. The highest BCUT2D eigenvalue weighted by Crippen LogP contribution is 2.15. The first kappa shape index (κ1) is 10.2. The van der Waals surface area contributed by atoms with Gasteiger partial charge in [-0.25, -0.2) is 0 Å². The Hall–Kier alpha value is -1.34. The van der Waals surface area contributed by atoms with Gasteiger partial charge in [-0.2, -0.15) is 0 Å². The molecule has 0 heterocycles. The minimum Gasteiger partial charge on any atom is -0.107 e. The minimum atomic E-state index is -1.45.